The summed E-state index contributed by atoms with van der Waals surface area (Å²) in [6.07, 6.45) is 11.5. The van der Waals surface area contributed by atoms with Crippen molar-refractivity contribution in [3.63, 3.8) is 0 Å². The van der Waals surface area contributed by atoms with Crippen molar-refractivity contribution in [1.82, 2.24) is 10.2 Å². The molecule has 17 heavy (non-hydrogen) atoms. The van der Waals surface area contributed by atoms with E-state index in [0.29, 0.717) is 0 Å². The third kappa shape index (κ3) is 3.69. The van der Waals surface area contributed by atoms with E-state index < -0.39 is 0 Å². The maximum Gasteiger partial charge on any atom is 0.0107 e. The monoisotopic (exact) mass is 238 g/mol. The van der Waals surface area contributed by atoms with Gasteiger partial charge in [-0.3, -0.25) is 0 Å². The van der Waals surface area contributed by atoms with Gasteiger partial charge in [0.05, 0.1) is 0 Å². The molecule has 0 aromatic heterocycles. The van der Waals surface area contributed by atoms with Crippen LogP contribution in [0.15, 0.2) is 0 Å². The molecule has 2 unspecified atom stereocenters. The lowest BCUT2D eigenvalue weighted by atomic mass is 9.89. The first kappa shape index (κ1) is 13.4. The Bertz CT molecular complexity index is 213. The number of nitrogens with zero attached hydrogens (tertiary/aromatic N) is 1. The Balaban J connectivity index is 1.84. The van der Waals surface area contributed by atoms with Gasteiger partial charge in [-0.15, -0.1) is 0 Å². The van der Waals surface area contributed by atoms with Crippen molar-refractivity contribution in [2.24, 2.45) is 5.92 Å². The molecule has 2 saturated carbocycles. The van der Waals surface area contributed by atoms with Crippen molar-refractivity contribution in [3.05, 3.63) is 0 Å². The summed E-state index contributed by atoms with van der Waals surface area (Å²) < 4.78 is 0. The summed E-state index contributed by atoms with van der Waals surface area (Å²) in [5.74, 6) is 0.892. The topological polar surface area (TPSA) is 15.3 Å². The molecule has 0 saturated heterocycles. The maximum absolute atomic E-state index is 3.73. The number of hydrogen-bond acceptors (Lipinski definition) is 2. The summed E-state index contributed by atoms with van der Waals surface area (Å²) in [5, 5.41) is 3.73. The van der Waals surface area contributed by atoms with Gasteiger partial charge in [0.25, 0.3) is 0 Å². The number of hydrogen-bond donors (Lipinski definition) is 1. The average molecular weight is 238 g/mol. The molecule has 0 heterocycles. The molecule has 2 atom stereocenters. The lowest BCUT2D eigenvalue weighted by Crippen LogP contribution is -2.45. The summed E-state index contributed by atoms with van der Waals surface area (Å²) in [4.78, 5) is 2.64. The molecule has 1 N–H and O–H groups in total. The van der Waals surface area contributed by atoms with E-state index in [4.69, 9.17) is 0 Å². The lowest BCUT2D eigenvalue weighted by molar-refractivity contribution is 0.123. The zero-order valence-electron chi connectivity index (χ0n) is 11.8. The van der Waals surface area contributed by atoms with Gasteiger partial charge < -0.3 is 10.2 Å². The molecule has 0 spiro atoms. The predicted octanol–water partition coefficient (Wildman–Crippen LogP) is 3.03. The van der Waals surface area contributed by atoms with Gasteiger partial charge in [0.1, 0.15) is 0 Å². The molecule has 2 fully saturated rings. The van der Waals surface area contributed by atoms with Crippen LogP contribution in [0.3, 0.4) is 0 Å². The zero-order valence-corrected chi connectivity index (χ0v) is 11.8. The predicted molar refractivity (Wildman–Crippen MR) is 74.3 cm³/mol. The molecule has 0 aliphatic heterocycles. The van der Waals surface area contributed by atoms with Gasteiger partial charge in [0, 0.05) is 18.6 Å². The van der Waals surface area contributed by atoms with Crippen LogP contribution in [0.25, 0.3) is 0 Å². The standard InChI is InChI=1S/C15H30N2/c1-3-16-15-11-6-4-5-8-13(15)12-17(2)14-9-7-10-14/h13-16H,3-12H2,1-2H3. The summed E-state index contributed by atoms with van der Waals surface area (Å²) in [5.41, 5.74) is 0. The molecule has 2 rings (SSSR count). The van der Waals surface area contributed by atoms with Gasteiger partial charge in [0.15, 0.2) is 0 Å². The van der Waals surface area contributed by atoms with Crippen LogP contribution >= 0.6 is 0 Å². The Morgan fingerprint density at radius 3 is 2.41 bits per heavy atom. The summed E-state index contributed by atoms with van der Waals surface area (Å²) in [7, 11) is 2.34. The highest BCUT2D eigenvalue weighted by Crippen LogP contribution is 2.28. The minimum Gasteiger partial charge on any atom is -0.314 e. The van der Waals surface area contributed by atoms with E-state index in [1.807, 2.05) is 0 Å². The Hall–Kier alpha value is -0.0800. The van der Waals surface area contributed by atoms with Crippen LogP contribution in [0.1, 0.15) is 58.3 Å². The number of rotatable bonds is 5. The second-order valence-corrected chi connectivity index (χ2v) is 6.09. The highest BCUT2D eigenvalue weighted by molar-refractivity contribution is 4.85. The minimum absolute atomic E-state index is 0.782. The SMILES string of the molecule is CCNC1CCCCCC1CN(C)C1CCC1. The Morgan fingerprint density at radius 1 is 1.00 bits per heavy atom. The van der Waals surface area contributed by atoms with Gasteiger partial charge >= 0.3 is 0 Å². The molecule has 2 aliphatic rings. The molecule has 0 radical (unpaired) electrons. The fraction of sp³-hybridized carbons (Fsp3) is 1.00. The fourth-order valence-corrected chi connectivity index (χ4v) is 3.48. The third-order valence-corrected chi connectivity index (χ3v) is 4.85. The summed E-state index contributed by atoms with van der Waals surface area (Å²) in [6.45, 7) is 4.70. The van der Waals surface area contributed by atoms with Crippen LogP contribution in [0, 0.1) is 5.92 Å². The molecule has 0 bridgehead atoms. The fourth-order valence-electron chi connectivity index (χ4n) is 3.48. The van der Waals surface area contributed by atoms with Crippen LogP contribution in [0.4, 0.5) is 0 Å². The van der Waals surface area contributed by atoms with E-state index in [2.05, 4.69) is 24.2 Å². The Morgan fingerprint density at radius 2 is 1.76 bits per heavy atom. The molecule has 0 aromatic carbocycles. The molecular formula is C15H30N2. The normalized spacial score (nSPS) is 31.2. The van der Waals surface area contributed by atoms with Gasteiger partial charge in [-0.1, -0.05) is 32.6 Å². The third-order valence-electron chi connectivity index (χ3n) is 4.85. The minimum atomic E-state index is 0.782. The van der Waals surface area contributed by atoms with Crippen molar-refractivity contribution in [2.45, 2.75) is 70.4 Å². The summed E-state index contributed by atoms with van der Waals surface area (Å²) in [6, 6.07) is 1.69. The Kier molecular flexibility index (Phi) is 5.30. The van der Waals surface area contributed by atoms with Gasteiger partial charge in [-0.2, -0.15) is 0 Å². The van der Waals surface area contributed by atoms with E-state index in [0.717, 1.165) is 24.5 Å². The van der Waals surface area contributed by atoms with Gasteiger partial charge in [-0.25, -0.2) is 0 Å². The molecular weight excluding hydrogens is 208 g/mol. The largest absolute Gasteiger partial charge is 0.314 e. The van der Waals surface area contributed by atoms with Gasteiger partial charge in [-0.05, 0) is 45.2 Å². The van der Waals surface area contributed by atoms with Crippen molar-refractivity contribution < 1.29 is 0 Å². The van der Waals surface area contributed by atoms with Crippen molar-refractivity contribution in [2.75, 3.05) is 20.1 Å². The van der Waals surface area contributed by atoms with Crippen LogP contribution in [0.5, 0.6) is 0 Å². The molecule has 100 valence electrons. The molecule has 2 aliphatic carbocycles. The maximum atomic E-state index is 3.73. The van der Waals surface area contributed by atoms with E-state index in [1.165, 1.54) is 57.9 Å². The molecule has 0 amide bonds. The van der Waals surface area contributed by atoms with E-state index >= 15 is 0 Å². The Labute approximate surface area is 107 Å². The first-order chi connectivity index (χ1) is 8.31. The average Bonchev–Trinajstić information content (AvgIpc) is 2.42. The second-order valence-electron chi connectivity index (χ2n) is 6.09. The van der Waals surface area contributed by atoms with E-state index in [9.17, 15) is 0 Å². The highest BCUT2D eigenvalue weighted by Gasteiger charge is 2.28. The van der Waals surface area contributed by atoms with Crippen LogP contribution in [-0.2, 0) is 0 Å². The smallest absolute Gasteiger partial charge is 0.0107 e. The van der Waals surface area contributed by atoms with Crippen LogP contribution < -0.4 is 5.32 Å². The number of nitrogens with one attached hydrogen (secondary N) is 1. The molecule has 2 nitrogen and oxygen atoms in total. The molecule has 2 heteroatoms. The summed E-state index contributed by atoms with van der Waals surface area (Å²) >= 11 is 0. The molecule has 0 aromatic rings. The second kappa shape index (κ2) is 6.75. The van der Waals surface area contributed by atoms with Crippen molar-refractivity contribution >= 4 is 0 Å². The van der Waals surface area contributed by atoms with Crippen LogP contribution in [-0.4, -0.2) is 37.1 Å². The van der Waals surface area contributed by atoms with Crippen LogP contribution in [0.2, 0.25) is 0 Å². The lowest BCUT2D eigenvalue weighted by Gasteiger charge is -2.38. The highest BCUT2D eigenvalue weighted by atomic mass is 15.1. The zero-order chi connectivity index (χ0) is 12.1. The quantitative estimate of drug-likeness (QED) is 0.741. The van der Waals surface area contributed by atoms with Gasteiger partial charge in [0.2, 0.25) is 0 Å². The first-order valence-corrected chi connectivity index (χ1v) is 7.75. The first-order valence-electron chi connectivity index (χ1n) is 7.75. The van der Waals surface area contributed by atoms with E-state index in [1.54, 1.807) is 0 Å². The van der Waals surface area contributed by atoms with E-state index in [-0.39, 0.29) is 0 Å². The van der Waals surface area contributed by atoms with Crippen molar-refractivity contribution in [3.8, 4) is 0 Å². The van der Waals surface area contributed by atoms with Crippen molar-refractivity contribution in [1.29, 1.82) is 0 Å².